The van der Waals surface area contributed by atoms with Gasteiger partial charge in [-0.25, -0.2) is 4.79 Å². The first-order chi connectivity index (χ1) is 26.0. The Kier molecular flexibility index (Phi) is 11.7. The van der Waals surface area contributed by atoms with E-state index in [0.717, 1.165) is 107 Å². The number of hydrogen-bond donors (Lipinski definition) is 1. The van der Waals surface area contributed by atoms with Gasteiger partial charge >= 0.3 is 5.97 Å². The Hall–Kier alpha value is -4.80. The molecule has 1 aliphatic heterocycles. The van der Waals surface area contributed by atoms with Crippen LogP contribution in [0.1, 0.15) is 47.2 Å². The van der Waals surface area contributed by atoms with Gasteiger partial charge in [-0.15, -0.1) is 0 Å². The highest BCUT2D eigenvalue weighted by atomic mass is 79.9. The number of morpholine rings is 1. The van der Waals surface area contributed by atoms with Crippen molar-refractivity contribution in [1.29, 1.82) is 0 Å². The zero-order valence-electron chi connectivity index (χ0n) is 30.9. The Morgan fingerprint density at radius 3 is 2.49 bits per heavy atom. The number of nitrogens with one attached hydrogen (secondary N) is 1. The van der Waals surface area contributed by atoms with Crippen LogP contribution in [-0.2, 0) is 34.8 Å². The molecule has 2 aromatic heterocycles. The molecular weight excluding hydrogens is 730 g/mol. The summed E-state index contributed by atoms with van der Waals surface area (Å²) in [7, 11) is 1.98. The van der Waals surface area contributed by atoms with Crippen molar-refractivity contribution in [1.82, 2.24) is 14.3 Å². The van der Waals surface area contributed by atoms with Crippen molar-refractivity contribution < 1.29 is 19.0 Å². The molecule has 0 spiro atoms. The van der Waals surface area contributed by atoms with Gasteiger partial charge in [0.1, 0.15) is 11.4 Å². The second-order valence-electron chi connectivity index (χ2n) is 13.4. The van der Waals surface area contributed by atoms with Crippen LogP contribution in [-0.4, -0.2) is 66.4 Å². The fraction of sp³-hybridized carbons (Fsp3) is 0.349. The quantitative estimate of drug-likeness (QED) is 0.0634. The Bertz CT molecular complexity index is 2180. The summed E-state index contributed by atoms with van der Waals surface area (Å²) in [5, 5.41) is 12.4. The molecule has 0 aliphatic carbocycles. The summed E-state index contributed by atoms with van der Waals surface area (Å²) in [6.45, 7) is 9.48. The van der Waals surface area contributed by atoms with Crippen LogP contribution >= 0.6 is 15.9 Å². The number of esters is 1. The van der Waals surface area contributed by atoms with Crippen LogP contribution in [0.3, 0.4) is 0 Å². The van der Waals surface area contributed by atoms with Gasteiger partial charge in [0.2, 0.25) is 0 Å². The topological polar surface area (TPSA) is 82.8 Å². The van der Waals surface area contributed by atoms with Crippen molar-refractivity contribution in [3.05, 3.63) is 108 Å². The average Bonchev–Trinajstić information content (AvgIpc) is 3.67. The van der Waals surface area contributed by atoms with Crippen molar-refractivity contribution in [3.8, 4) is 16.9 Å². The molecule has 1 aliphatic rings. The van der Waals surface area contributed by atoms with Crippen LogP contribution in [0, 0.1) is 6.92 Å². The largest absolute Gasteiger partial charge is 0.493 e. The lowest BCUT2D eigenvalue weighted by atomic mass is 9.98. The second kappa shape index (κ2) is 16.9. The average molecular weight is 779 g/mol. The molecule has 9 nitrogen and oxygen atoms in total. The molecule has 0 saturated carbocycles. The van der Waals surface area contributed by atoms with Crippen LogP contribution in [0.25, 0.3) is 32.8 Å². The van der Waals surface area contributed by atoms with Gasteiger partial charge in [-0.05, 0) is 74.4 Å². The standard InChI is InChI=1S/C43H48BrN5O4/c1-4-52-43(50)42-36(16-9-26-53-39-17-7-12-31-11-5-6-13-34(31)39)35-14-8-15-37(40-30(2)46-47(3)38(40)29-44)41(35)49(42)23-10-22-45-32-18-20-33(21-19-32)48-24-27-51-28-25-48/h5-8,11-15,17-21,45H,4,9-10,16,22-29H2,1-3H3. The lowest BCUT2D eigenvalue weighted by molar-refractivity contribution is 0.0512. The third kappa shape index (κ3) is 7.80. The van der Waals surface area contributed by atoms with E-state index in [4.69, 9.17) is 19.3 Å². The summed E-state index contributed by atoms with van der Waals surface area (Å²) in [4.78, 5) is 16.3. The Labute approximate surface area is 320 Å². The molecular formula is C43H48BrN5O4. The smallest absolute Gasteiger partial charge is 0.355 e. The molecule has 1 saturated heterocycles. The normalized spacial score (nSPS) is 13.2. The molecule has 0 unspecified atom stereocenters. The molecule has 10 heteroatoms. The number of ether oxygens (including phenoxy) is 3. The maximum atomic E-state index is 14.0. The number of para-hydroxylation sites is 1. The minimum Gasteiger partial charge on any atom is -0.493 e. The van der Waals surface area contributed by atoms with Crippen molar-refractivity contribution in [2.75, 3.05) is 56.3 Å². The van der Waals surface area contributed by atoms with Crippen molar-refractivity contribution >= 4 is 54.9 Å². The van der Waals surface area contributed by atoms with Gasteiger partial charge in [0.25, 0.3) is 0 Å². The van der Waals surface area contributed by atoms with Crippen molar-refractivity contribution in [3.63, 3.8) is 0 Å². The molecule has 1 N–H and O–H groups in total. The van der Waals surface area contributed by atoms with Gasteiger partial charge in [-0.3, -0.25) is 4.68 Å². The predicted molar refractivity (Wildman–Crippen MR) is 218 cm³/mol. The van der Waals surface area contributed by atoms with E-state index >= 15 is 0 Å². The molecule has 6 aromatic rings. The number of rotatable bonds is 15. The molecule has 276 valence electrons. The molecule has 0 bridgehead atoms. The highest BCUT2D eigenvalue weighted by Crippen LogP contribution is 2.39. The van der Waals surface area contributed by atoms with Crippen molar-refractivity contribution in [2.45, 2.75) is 45.0 Å². The minimum atomic E-state index is -0.296. The molecule has 0 radical (unpaired) electrons. The van der Waals surface area contributed by atoms with Gasteiger partial charge in [0.05, 0.1) is 43.3 Å². The number of alkyl halides is 1. The van der Waals surface area contributed by atoms with Gasteiger partial charge < -0.3 is 29.0 Å². The highest BCUT2D eigenvalue weighted by molar-refractivity contribution is 9.08. The monoisotopic (exact) mass is 777 g/mol. The number of nitrogens with zero attached hydrogens (tertiary/aromatic N) is 4. The summed E-state index contributed by atoms with van der Waals surface area (Å²) >= 11 is 3.72. The van der Waals surface area contributed by atoms with Crippen molar-refractivity contribution in [2.24, 2.45) is 7.05 Å². The number of fused-ring (bicyclic) bond motifs is 2. The number of benzene rings is 4. The number of carbonyl (C=O) groups is 1. The highest BCUT2D eigenvalue weighted by Gasteiger charge is 2.27. The van der Waals surface area contributed by atoms with E-state index in [1.54, 1.807) is 0 Å². The molecule has 0 amide bonds. The van der Waals surface area contributed by atoms with E-state index in [1.165, 1.54) is 5.69 Å². The summed E-state index contributed by atoms with van der Waals surface area (Å²) in [6.07, 6.45) is 2.20. The first-order valence-electron chi connectivity index (χ1n) is 18.7. The zero-order chi connectivity index (χ0) is 36.7. The molecule has 4 aromatic carbocycles. The van der Waals surface area contributed by atoms with E-state index in [2.05, 4.69) is 98.3 Å². The third-order valence-corrected chi connectivity index (χ3v) is 10.6. The maximum absolute atomic E-state index is 14.0. The fourth-order valence-corrected chi connectivity index (χ4v) is 8.28. The predicted octanol–water partition coefficient (Wildman–Crippen LogP) is 8.93. The number of aromatic nitrogens is 3. The number of anilines is 2. The van der Waals surface area contributed by atoms with Gasteiger partial charge in [-0.1, -0.05) is 70.5 Å². The van der Waals surface area contributed by atoms with E-state index < -0.39 is 0 Å². The zero-order valence-corrected chi connectivity index (χ0v) is 32.5. The van der Waals surface area contributed by atoms with E-state index in [0.29, 0.717) is 37.2 Å². The first kappa shape index (κ1) is 36.6. The number of hydrogen-bond acceptors (Lipinski definition) is 7. The Morgan fingerprint density at radius 2 is 1.70 bits per heavy atom. The van der Waals surface area contributed by atoms with Crippen LogP contribution in [0.5, 0.6) is 5.75 Å². The third-order valence-electron chi connectivity index (χ3n) is 10.1. The van der Waals surface area contributed by atoms with Crippen LogP contribution in [0.15, 0.2) is 84.9 Å². The van der Waals surface area contributed by atoms with Crippen LogP contribution in [0.4, 0.5) is 11.4 Å². The molecule has 1 fully saturated rings. The van der Waals surface area contributed by atoms with Gasteiger partial charge in [0.15, 0.2) is 0 Å². The van der Waals surface area contributed by atoms with Crippen LogP contribution < -0.4 is 15.0 Å². The lowest BCUT2D eigenvalue weighted by Gasteiger charge is -2.28. The minimum absolute atomic E-state index is 0.296. The van der Waals surface area contributed by atoms with E-state index in [-0.39, 0.29) is 5.97 Å². The number of carbonyl (C=O) groups excluding carboxylic acids is 1. The summed E-state index contributed by atoms with van der Waals surface area (Å²) < 4.78 is 21.8. The first-order valence-corrected chi connectivity index (χ1v) is 19.8. The van der Waals surface area contributed by atoms with E-state index in [9.17, 15) is 4.79 Å². The fourth-order valence-electron chi connectivity index (χ4n) is 7.64. The SMILES string of the molecule is CCOC(=O)c1c(CCCOc2cccc3ccccc23)c2cccc(-c3c(C)nn(C)c3CBr)c2n1CCCNc1ccc(N2CCOCC2)cc1. The number of halogens is 1. The second-order valence-corrected chi connectivity index (χ2v) is 14.0. The summed E-state index contributed by atoms with van der Waals surface area (Å²) in [6, 6.07) is 29.5. The summed E-state index contributed by atoms with van der Waals surface area (Å²) in [5.41, 5.74) is 9.14. The Morgan fingerprint density at radius 1 is 0.943 bits per heavy atom. The number of aryl methyl sites for hydroxylation is 4. The maximum Gasteiger partial charge on any atom is 0.355 e. The van der Waals surface area contributed by atoms with Gasteiger partial charge in [0, 0.05) is 71.8 Å². The van der Waals surface area contributed by atoms with Gasteiger partial charge in [-0.2, -0.15) is 5.10 Å². The Balaban J connectivity index is 1.19. The molecule has 7 rings (SSSR count). The summed E-state index contributed by atoms with van der Waals surface area (Å²) in [5.74, 6) is 0.575. The molecule has 0 atom stereocenters. The molecule has 53 heavy (non-hydrogen) atoms. The van der Waals surface area contributed by atoms with Crippen LogP contribution in [0.2, 0.25) is 0 Å². The molecule has 3 heterocycles. The van der Waals surface area contributed by atoms with E-state index in [1.807, 2.05) is 42.9 Å². The lowest BCUT2D eigenvalue weighted by Crippen LogP contribution is -2.36.